The predicted octanol–water partition coefficient (Wildman–Crippen LogP) is 7.53. The summed E-state index contributed by atoms with van der Waals surface area (Å²) in [5.41, 5.74) is 1.75. The highest BCUT2D eigenvalue weighted by molar-refractivity contribution is 5.13. The molecular weight excluding hydrogens is 340 g/mol. The molecule has 0 bridgehead atoms. The van der Waals surface area contributed by atoms with Gasteiger partial charge in [-0.3, -0.25) is 0 Å². The number of hydrogen-bond donors (Lipinski definition) is 1. The van der Waals surface area contributed by atoms with E-state index in [9.17, 15) is 5.11 Å². The van der Waals surface area contributed by atoms with E-state index >= 15 is 0 Å². The van der Waals surface area contributed by atoms with Gasteiger partial charge in [-0.1, -0.05) is 45.6 Å². The highest BCUT2D eigenvalue weighted by Crippen LogP contribution is 2.69. The van der Waals surface area contributed by atoms with Crippen LogP contribution in [0.1, 0.15) is 111 Å². The zero-order valence-electron chi connectivity index (χ0n) is 19.2. The van der Waals surface area contributed by atoms with Gasteiger partial charge in [-0.15, -0.1) is 6.58 Å². The Morgan fingerprint density at radius 1 is 1.00 bits per heavy atom. The minimum atomic E-state index is -0.353. The third kappa shape index (κ3) is 3.14. The highest BCUT2D eigenvalue weighted by atomic mass is 16.3. The molecule has 4 rings (SSSR count). The minimum Gasteiger partial charge on any atom is -0.389 e. The van der Waals surface area contributed by atoms with Crippen LogP contribution in [0.4, 0.5) is 0 Å². The van der Waals surface area contributed by atoms with Crippen LogP contribution in [0.3, 0.4) is 0 Å². The SMILES string of the molecule is C=C(C)CCC[C@@H](C)[C@H]1CC[C@H]2[C@@H]3CC[C@@]4(O)CCCC[C@]4(C)[C@H]3CC[C@]12C. The predicted molar refractivity (Wildman–Crippen MR) is 119 cm³/mol. The van der Waals surface area contributed by atoms with Crippen LogP contribution in [-0.4, -0.2) is 10.7 Å². The summed E-state index contributed by atoms with van der Waals surface area (Å²) < 4.78 is 0. The summed E-state index contributed by atoms with van der Waals surface area (Å²) in [6.45, 7) is 14.0. The molecule has 0 aromatic rings. The van der Waals surface area contributed by atoms with Crippen molar-refractivity contribution in [3.05, 3.63) is 12.2 Å². The van der Waals surface area contributed by atoms with Crippen LogP contribution in [-0.2, 0) is 0 Å². The quantitative estimate of drug-likeness (QED) is 0.484. The van der Waals surface area contributed by atoms with Crippen molar-refractivity contribution in [3.63, 3.8) is 0 Å². The van der Waals surface area contributed by atoms with Crippen molar-refractivity contribution in [2.75, 3.05) is 0 Å². The number of fused-ring (bicyclic) bond motifs is 5. The molecule has 4 fully saturated rings. The van der Waals surface area contributed by atoms with E-state index in [-0.39, 0.29) is 11.0 Å². The molecule has 1 heteroatoms. The van der Waals surface area contributed by atoms with Crippen LogP contribution in [0.2, 0.25) is 0 Å². The summed E-state index contributed by atoms with van der Waals surface area (Å²) in [7, 11) is 0. The zero-order valence-corrected chi connectivity index (χ0v) is 19.2. The van der Waals surface area contributed by atoms with E-state index in [1.54, 1.807) is 0 Å². The topological polar surface area (TPSA) is 20.2 Å². The van der Waals surface area contributed by atoms with Crippen LogP contribution in [0, 0.1) is 40.4 Å². The Kier molecular flexibility index (Phi) is 5.56. The molecule has 0 saturated heterocycles. The highest BCUT2D eigenvalue weighted by Gasteiger charge is 2.63. The molecule has 0 spiro atoms. The van der Waals surface area contributed by atoms with Crippen molar-refractivity contribution in [2.45, 2.75) is 117 Å². The van der Waals surface area contributed by atoms with Gasteiger partial charge in [-0.25, -0.2) is 0 Å². The second-order valence-electron chi connectivity index (χ2n) is 12.1. The Morgan fingerprint density at radius 2 is 1.75 bits per heavy atom. The van der Waals surface area contributed by atoms with Crippen molar-refractivity contribution in [2.24, 2.45) is 40.4 Å². The zero-order chi connectivity index (χ0) is 20.2. The Labute approximate surface area is 174 Å². The van der Waals surface area contributed by atoms with Gasteiger partial charge >= 0.3 is 0 Å². The fourth-order valence-corrected chi connectivity index (χ4v) is 9.16. The molecule has 0 radical (unpaired) electrons. The summed E-state index contributed by atoms with van der Waals surface area (Å²) in [5, 5.41) is 11.6. The van der Waals surface area contributed by atoms with E-state index in [0.29, 0.717) is 5.41 Å². The summed E-state index contributed by atoms with van der Waals surface area (Å²) in [6.07, 6.45) is 16.9. The number of rotatable bonds is 5. The second kappa shape index (κ2) is 7.44. The van der Waals surface area contributed by atoms with Crippen LogP contribution >= 0.6 is 0 Å². The smallest absolute Gasteiger partial charge is 0.0703 e. The largest absolute Gasteiger partial charge is 0.389 e. The van der Waals surface area contributed by atoms with Gasteiger partial charge in [-0.05, 0) is 112 Å². The average Bonchev–Trinajstić information content (AvgIpc) is 2.99. The molecule has 28 heavy (non-hydrogen) atoms. The van der Waals surface area contributed by atoms with Gasteiger partial charge in [0.05, 0.1) is 5.60 Å². The van der Waals surface area contributed by atoms with E-state index < -0.39 is 0 Å². The van der Waals surface area contributed by atoms with Crippen LogP contribution < -0.4 is 0 Å². The molecule has 0 aliphatic heterocycles. The lowest BCUT2D eigenvalue weighted by atomic mass is 9.43. The van der Waals surface area contributed by atoms with Crippen LogP contribution in [0.25, 0.3) is 0 Å². The Balaban J connectivity index is 1.50. The molecule has 0 aromatic heterocycles. The van der Waals surface area contributed by atoms with Gasteiger partial charge < -0.3 is 5.11 Å². The summed E-state index contributed by atoms with van der Waals surface area (Å²) in [6, 6.07) is 0. The van der Waals surface area contributed by atoms with Gasteiger partial charge in [0.25, 0.3) is 0 Å². The first kappa shape index (κ1) is 21.0. The number of aliphatic hydroxyl groups is 1. The molecule has 0 unspecified atom stereocenters. The van der Waals surface area contributed by atoms with Gasteiger partial charge in [0.15, 0.2) is 0 Å². The number of allylic oxidation sites excluding steroid dienone is 1. The minimum absolute atomic E-state index is 0.195. The molecule has 1 nitrogen and oxygen atoms in total. The normalized spacial score (nSPS) is 49.0. The molecule has 0 amide bonds. The average molecular weight is 387 g/mol. The first-order valence-corrected chi connectivity index (χ1v) is 12.6. The lowest BCUT2D eigenvalue weighted by Crippen LogP contribution is -2.61. The van der Waals surface area contributed by atoms with Crippen molar-refractivity contribution in [3.8, 4) is 0 Å². The standard InChI is InChI=1S/C27H46O/c1-19(2)9-8-10-20(3)22-11-12-23-21-13-18-27(28)16-7-6-15-26(27,5)24(21)14-17-25(22,23)4/h20-24,28H,1,6-18H2,2-5H3/t20-,21+,22-,23+,24+,25-,26-,27+/m1/s1. The van der Waals surface area contributed by atoms with E-state index in [1.165, 1.54) is 76.2 Å². The molecule has 160 valence electrons. The first-order chi connectivity index (χ1) is 13.2. The molecule has 8 atom stereocenters. The molecule has 4 aliphatic carbocycles. The third-order valence-corrected chi connectivity index (χ3v) is 10.8. The molecule has 0 heterocycles. The molecule has 1 N–H and O–H groups in total. The molecule has 4 saturated carbocycles. The Morgan fingerprint density at radius 3 is 2.50 bits per heavy atom. The van der Waals surface area contributed by atoms with Gasteiger partial charge in [0.1, 0.15) is 0 Å². The van der Waals surface area contributed by atoms with Crippen molar-refractivity contribution in [1.29, 1.82) is 0 Å². The molecule has 4 aliphatic rings. The third-order valence-electron chi connectivity index (χ3n) is 10.8. The maximum absolute atomic E-state index is 11.6. The van der Waals surface area contributed by atoms with Crippen molar-refractivity contribution >= 4 is 0 Å². The van der Waals surface area contributed by atoms with E-state index in [4.69, 9.17) is 0 Å². The maximum Gasteiger partial charge on any atom is 0.0703 e. The summed E-state index contributed by atoms with van der Waals surface area (Å²) in [4.78, 5) is 0. The fourth-order valence-electron chi connectivity index (χ4n) is 9.16. The van der Waals surface area contributed by atoms with Crippen molar-refractivity contribution in [1.82, 2.24) is 0 Å². The second-order valence-corrected chi connectivity index (χ2v) is 12.1. The molecular formula is C27H46O. The van der Waals surface area contributed by atoms with Crippen molar-refractivity contribution < 1.29 is 5.11 Å². The molecule has 0 aromatic carbocycles. The lowest BCUT2D eigenvalue weighted by Gasteiger charge is -2.63. The van der Waals surface area contributed by atoms with E-state index in [2.05, 4.69) is 34.3 Å². The van der Waals surface area contributed by atoms with Gasteiger partial charge in [0.2, 0.25) is 0 Å². The van der Waals surface area contributed by atoms with Crippen LogP contribution in [0.15, 0.2) is 12.2 Å². The van der Waals surface area contributed by atoms with E-state index in [1.807, 2.05) is 0 Å². The summed E-state index contributed by atoms with van der Waals surface area (Å²) >= 11 is 0. The van der Waals surface area contributed by atoms with Gasteiger partial charge in [-0.2, -0.15) is 0 Å². The number of hydrogen-bond acceptors (Lipinski definition) is 1. The Bertz CT molecular complexity index is 595. The van der Waals surface area contributed by atoms with Crippen LogP contribution in [0.5, 0.6) is 0 Å². The van der Waals surface area contributed by atoms with E-state index in [0.717, 1.165) is 42.4 Å². The Hall–Kier alpha value is -0.300. The first-order valence-electron chi connectivity index (χ1n) is 12.6. The lowest BCUT2D eigenvalue weighted by molar-refractivity contribution is -0.205. The summed E-state index contributed by atoms with van der Waals surface area (Å²) in [5.74, 6) is 4.36. The van der Waals surface area contributed by atoms with Gasteiger partial charge in [0, 0.05) is 0 Å². The fraction of sp³-hybridized carbons (Fsp3) is 0.926. The maximum atomic E-state index is 11.6. The monoisotopic (exact) mass is 386 g/mol.